The maximum Gasteiger partial charge on any atom is 0.0894 e. The fourth-order valence-electron chi connectivity index (χ4n) is 0.830. The summed E-state index contributed by atoms with van der Waals surface area (Å²) in [6.07, 6.45) is 1.43. The number of aliphatic hydroxyl groups excluding tert-OH is 2. The first-order valence-corrected chi connectivity index (χ1v) is 4.29. The molecule has 1 atom stereocenters. The van der Waals surface area contributed by atoms with Crippen LogP contribution in [-0.4, -0.2) is 49.7 Å². The molecular formula is C8H19NO3. The van der Waals surface area contributed by atoms with Gasteiger partial charge in [-0.2, -0.15) is 0 Å². The van der Waals surface area contributed by atoms with Gasteiger partial charge in [-0.05, 0) is 19.4 Å². The highest BCUT2D eigenvalue weighted by Gasteiger charge is 1.98. The van der Waals surface area contributed by atoms with Gasteiger partial charge in [0.05, 0.1) is 12.7 Å². The Labute approximate surface area is 73.5 Å². The van der Waals surface area contributed by atoms with Crippen LogP contribution in [0.4, 0.5) is 0 Å². The zero-order chi connectivity index (χ0) is 9.23. The molecule has 0 aromatic heterocycles. The first kappa shape index (κ1) is 11.8. The van der Waals surface area contributed by atoms with Crippen LogP contribution < -0.4 is 5.32 Å². The number of ether oxygens (including phenoxy) is 1. The summed E-state index contributed by atoms with van der Waals surface area (Å²) in [5, 5.41) is 20.4. The molecule has 0 heterocycles. The Hall–Kier alpha value is -0.160. The first-order valence-electron chi connectivity index (χ1n) is 4.29. The van der Waals surface area contributed by atoms with Crippen LogP contribution in [0, 0.1) is 0 Å². The van der Waals surface area contributed by atoms with Crippen molar-refractivity contribution in [2.24, 2.45) is 0 Å². The van der Waals surface area contributed by atoms with Gasteiger partial charge in [-0.15, -0.1) is 0 Å². The molecule has 0 amide bonds. The van der Waals surface area contributed by atoms with Crippen molar-refractivity contribution in [3.05, 3.63) is 0 Å². The monoisotopic (exact) mass is 177 g/mol. The van der Waals surface area contributed by atoms with Gasteiger partial charge in [-0.25, -0.2) is 0 Å². The van der Waals surface area contributed by atoms with Crippen LogP contribution in [0.25, 0.3) is 0 Å². The summed E-state index contributed by atoms with van der Waals surface area (Å²) in [5.74, 6) is 0. The Bertz CT molecular complexity index is 90.4. The lowest BCUT2D eigenvalue weighted by Gasteiger charge is -2.08. The Morgan fingerprint density at radius 1 is 1.42 bits per heavy atom. The van der Waals surface area contributed by atoms with E-state index in [0.29, 0.717) is 6.54 Å². The van der Waals surface area contributed by atoms with Crippen molar-refractivity contribution >= 4 is 0 Å². The fraction of sp³-hybridized carbons (Fsp3) is 1.00. The fourth-order valence-corrected chi connectivity index (χ4v) is 0.830. The van der Waals surface area contributed by atoms with Gasteiger partial charge in [0.1, 0.15) is 0 Å². The average Bonchev–Trinajstić information content (AvgIpc) is 2.10. The van der Waals surface area contributed by atoms with Crippen LogP contribution in [0.15, 0.2) is 0 Å². The number of hydrogen-bond donors (Lipinski definition) is 3. The summed E-state index contributed by atoms with van der Waals surface area (Å²) in [7, 11) is 1.68. The molecule has 0 saturated carbocycles. The highest BCUT2D eigenvalue weighted by molar-refractivity contribution is 4.56. The van der Waals surface area contributed by atoms with E-state index in [-0.39, 0.29) is 6.61 Å². The largest absolute Gasteiger partial charge is 0.394 e. The van der Waals surface area contributed by atoms with Gasteiger partial charge >= 0.3 is 0 Å². The molecule has 0 aromatic rings. The van der Waals surface area contributed by atoms with E-state index >= 15 is 0 Å². The summed E-state index contributed by atoms with van der Waals surface area (Å²) in [5.41, 5.74) is 0. The lowest BCUT2D eigenvalue weighted by atomic mass is 10.3. The number of hydrogen-bond acceptors (Lipinski definition) is 4. The summed E-state index contributed by atoms with van der Waals surface area (Å²) in [6, 6.07) is 0. The van der Waals surface area contributed by atoms with E-state index in [9.17, 15) is 0 Å². The van der Waals surface area contributed by atoms with Crippen LogP contribution in [0.1, 0.15) is 12.8 Å². The Morgan fingerprint density at radius 2 is 2.17 bits per heavy atom. The molecular weight excluding hydrogens is 158 g/mol. The topological polar surface area (TPSA) is 61.7 Å². The van der Waals surface area contributed by atoms with Crippen LogP contribution >= 0.6 is 0 Å². The van der Waals surface area contributed by atoms with Crippen molar-refractivity contribution in [3.63, 3.8) is 0 Å². The molecule has 74 valence electrons. The average molecular weight is 177 g/mol. The Morgan fingerprint density at radius 3 is 2.75 bits per heavy atom. The molecule has 0 radical (unpaired) electrons. The molecule has 3 N–H and O–H groups in total. The Kier molecular flexibility index (Phi) is 8.81. The number of unbranched alkanes of at least 4 members (excludes halogenated alkanes) is 1. The van der Waals surface area contributed by atoms with Gasteiger partial charge < -0.3 is 20.3 Å². The minimum absolute atomic E-state index is 0.176. The quantitative estimate of drug-likeness (QED) is 0.431. The molecule has 0 aliphatic carbocycles. The van der Waals surface area contributed by atoms with Crippen LogP contribution in [-0.2, 0) is 4.74 Å². The van der Waals surface area contributed by atoms with Gasteiger partial charge in [-0.1, -0.05) is 0 Å². The maximum absolute atomic E-state index is 8.92. The minimum Gasteiger partial charge on any atom is -0.394 e. The van der Waals surface area contributed by atoms with Crippen molar-refractivity contribution in [1.29, 1.82) is 0 Å². The number of rotatable bonds is 8. The third kappa shape index (κ3) is 7.94. The van der Waals surface area contributed by atoms with Crippen LogP contribution in [0.2, 0.25) is 0 Å². The summed E-state index contributed by atoms with van der Waals surface area (Å²) in [4.78, 5) is 0. The van der Waals surface area contributed by atoms with Gasteiger partial charge in [0.15, 0.2) is 0 Å². The smallest absolute Gasteiger partial charge is 0.0894 e. The molecule has 0 rings (SSSR count). The SMILES string of the molecule is COCCCCNC[C@H](O)CO. The molecule has 0 saturated heterocycles. The van der Waals surface area contributed by atoms with E-state index < -0.39 is 6.10 Å². The van der Waals surface area contributed by atoms with Crippen LogP contribution in [0.5, 0.6) is 0 Å². The molecule has 4 heteroatoms. The van der Waals surface area contributed by atoms with Gasteiger partial charge in [0.2, 0.25) is 0 Å². The van der Waals surface area contributed by atoms with Crippen molar-refractivity contribution in [3.8, 4) is 0 Å². The van der Waals surface area contributed by atoms with Gasteiger partial charge in [-0.3, -0.25) is 0 Å². The minimum atomic E-state index is -0.632. The molecule has 0 unspecified atom stereocenters. The predicted octanol–water partition coefficient (Wildman–Crippen LogP) is -0.644. The highest BCUT2D eigenvalue weighted by Crippen LogP contribution is 1.86. The molecule has 0 aliphatic heterocycles. The lowest BCUT2D eigenvalue weighted by Crippen LogP contribution is -2.30. The molecule has 0 bridgehead atoms. The van der Waals surface area contributed by atoms with Crippen molar-refractivity contribution in [2.75, 3.05) is 33.4 Å². The van der Waals surface area contributed by atoms with Gasteiger partial charge in [0.25, 0.3) is 0 Å². The van der Waals surface area contributed by atoms with Crippen molar-refractivity contribution < 1.29 is 14.9 Å². The number of methoxy groups -OCH3 is 1. The highest BCUT2D eigenvalue weighted by atomic mass is 16.5. The van der Waals surface area contributed by atoms with Crippen molar-refractivity contribution in [1.82, 2.24) is 5.32 Å². The first-order chi connectivity index (χ1) is 5.81. The van der Waals surface area contributed by atoms with E-state index in [0.717, 1.165) is 26.0 Å². The summed E-state index contributed by atoms with van der Waals surface area (Å²) < 4.78 is 4.87. The third-order valence-corrected chi connectivity index (χ3v) is 1.54. The molecule has 12 heavy (non-hydrogen) atoms. The second-order valence-electron chi connectivity index (χ2n) is 2.74. The zero-order valence-electron chi connectivity index (χ0n) is 7.62. The summed E-state index contributed by atoms with van der Waals surface area (Å²) in [6.45, 7) is 1.93. The van der Waals surface area contributed by atoms with E-state index in [1.807, 2.05) is 0 Å². The molecule has 0 aromatic carbocycles. The number of nitrogens with one attached hydrogen (secondary N) is 1. The maximum atomic E-state index is 8.92. The van der Waals surface area contributed by atoms with Crippen molar-refractivity contribution in [2.45, 2.75) is 18.9 Å². The molecule has 0 spiro atoms. The second-order valence-corrected chi connectivity index (χ2v) is 2.74. The standard InChI is InChI=1S/C8H19NO3/c1-12-5-3-2-4-9-6-8(11)7-10/h8-11H,2-7H2,1H3/t8-/m0/s1. The Balaban J connectivity index is 2.90. The summed E-state index contributed by atoms with van der Waals surface area (Å²) >= 11 is 0. The van der Waals surface area contributed by atoms with Crippen LogP contribution in [0.3, 0.4) is 0 Å². The van der Waals surface area contributed by atoms with E-state index in [1.54, 1.807) is 7.11 Å². The third-order valence-electron chi connectivity index (χ3n) is 1.54. The lowest BCUT2D eigenvalue weighted by molar-refractivity contribution is 0.0943. The number of aliphatic hydroxyl groups is 2. The predicted molar refractivity (Wildman–Crippen MR) is 47.1 cm³/mol. The molecule has 0 fully saturated rings. The molecule has 0 aliphatic rings. The second kappa shape index (κ2) is 8.93. The van der Waals surface area contributed by atoms with Gasteiger partial charge in [0, 0.05) is 20.3 Å². The van der Waals surface area contributed by atoms with E-state index in [2.05, 4.69) is 5.32 Å². The molecule has 4 nitrogen and oxygen atoms in total. The zero-order valence-corrected chi connectivity index (χ0v) is 7.62. The van der Waals surface area contributed by atoms with E-state index in [4.69, 9.17) is 14.9 Å². The van der Waals surface area contributed by atoms with E-state index in [1.165, 1.54) is 0 Å². The normalized spacial score (nSPS) is 13.2.